The van der Waals surface area contributed by atoms with Gasteiger partial charge < -0.3 is 10.2 Å². The van der Waals surface area contributed by atoms with Gasteiger partial charge in [-0.1, -0.05) is 13.0 Å². The fourth-order valence-electron chi connectivity index (χ4n) is 2.76. The topological polar surface area (TPSA) is 15.3 Å². The van der Waals surface area contributed by atoms with E-state index in [1.165, 1.54) is 30.6 Å². The molecule has 0 bridgehead atoms. The molecule has 0 spiro atoms. The molecule has 1 unspecified atom stereocenters. The summed E-state index contributed by atoms with van der Waals surface area (Å²) in [5.41, 5.74) is 0. The van der Waals surface area contributed by atoms with Gasteiger partial charge in [-0.05, 0) is 57.1 Å². The molecule has 1 aromatic heterocycles. The van der Waals surface area contributed by atoms with E-state index in [1.54, 1.807) is 0 Å². The average Bonchev–Trinajstić information content (AvgIpc) is 2.85. The van der Waals surface area contributed by atoms with E-state index in [0.29, 0.717) is 6.04 Å². The van der Waals surface area contributed by atoms with E-state index < -0.39 is 0 Å². The molecule has 0 radical (unpaired) electrons. The Morgan fingerprint density at radius 1 is 1.33 bits per heavy atom. The van der Waals surface area contributed by atoms with Crippen molar-refractivity contribution in [2.45, 2.75) is 44.7 Å². The first-order valence-corrected chi connectivity index (χ1v) is 7.98. The molecule has 0 saturated heterocycles. The minimum atomic E-state index is 0.518. The molecular formula is C15H26N2S. The lowest BCUT2D eigenvalue weighted by Crippen LogP contribution is -2.38. The Morgan fingerprint density at radius 3 is 2.61 bits per heavy atom. The Labute approximate surface area is 115 Å². The van der Waals surface area contributed by atoms with Crippen LogP contribution in [-0.2, 0) is 0 Å². The normalized spacial score (nSPS) is 26.4. The van der Waals surface area contributed by atoms with Crippen molar-refractivity contribution in [3.05, 3.63) is 22.4 Å². The molecule has 102 valence electrons. The van der Waals surface area contributed by atoms with E-state index in [4.69, 9.17) is 0 Å². The zero-order valence-electron chi connectivity index (χ0n) is 11.9. The lowest BCUT2D eigenvalue weighted by atomic mass is 9.87. The molecule has 1 aliphatic carbocycles. The fraction of sp³-hybridized carbons (Fsp3) is 0.733. The largest absolute Gasteiger partial charge is 0.312 e. The van der Waals surface area contributed by atoms with Crippen LogP contribution >= 0.6 is 11.3 Å². The Hall–Kier alpha value is -0.380. The highest BCUT2D eigenvalue weighted by molar-refractivity contribution is 7.10. The first-order valence-electron chi connectivity index (χ1n) is 7.10. The van der Waals surface area contributed by atoms with Gasteiger partial charge in [0.1, 0.15) is 0 Å². The molecule has 2 nitrogen and oxygen atoms in total. The number of rotatable bonds is 5. The van der Waals surface area contributed by atoms with Crippen molar-refractivity contribution < 1.29 is 0 Å². The minimum Gasteiger partial charge on any atom is -0.312 e. The zero-order valence-corrected chi connectivity index (χ0v) is 12.7. The molecule has 1 fully saturated rings. The summed E-state index contributed by atoms with van der Waals surface area (Å²) in [5, 5.41) is 5.95. The maximum atomic E-state index is 3.78. The van der Waals surface area contributed by atoms with Crippen LogP contribution in [0.25, 0.3) is 0 Å². The quantitative estimate of drug-likeness (QED) is 0.877. The number of hydrogen-bond donors (Lipinski definition) is 1. The molecule has 1 heterocycles. The second-order valence-corrected chi connectivity index (χ2v) is 6.84. The predicted octanol–water partition coefficient (Wildman–Crippen LogP) is 3.52. The predicted molar refractivity (Wildman–Crippen MR) is 80.2 cm³/mol. The van der Waals surface area contributed by atoms with Gasteiger partial charge in [-0.3, -0.25) is 0 Å². The standard InChI is InChI=1S/C15H26N2S/c1-12-6-8-13(9-7-12)16-11-14(17(2)3)15-5-4-10-18-15/h4-5,10,12-14,16H,6-9,11H2,1-3H3. The monoisotopic (exact) mass is 266 g/mol. The summed E-state index contributed by atoms with van der Waals surface area (Å²) >= 11 is 1.86. The highest BCUT2D eigenvalue weighted by atomic mass is 32.1. The second kappa shape index (κ2) is 6.69. The summed E-state index contributed by atoms with van der Waals surface area (Å²) in [7, 11) is 4.35. The van der Waals surface area contributed by atoms with Gasteiger partial charge >= 0.3 is 0 Å². The van der Waals surface area contributed by atoms with Crippen LogP contribution in [0, 0.1) is 5.92 Å². The molecule has 3 heteroatoms. The number of likely N-dealkylation sites (N-methyl/N-ethyl adjacent to an activating group) is 1. The van der Waals surface area contributed by atoms with Crippen LogP contribution in [0.1, 0.15) is 43.5 Å². The third-order valence-electron chi connectivity index (χ3n) is 4.11. The fourth-order valence-corrected chi connectivity index (χ4v) is 3.68. The van der Waals surface area contributed by atoms with Crippen molar-refractivity contribution in [1.82, 2.24) is 10.2 Å². The van der Waals surface area contributed by atoms with Gasteiger partial charge in [0.05, 0.1) is 6.04 Å². The summed E-state index contributed by atoms with van der Waals surface area (Å²) in [5.74, 6) is 0.935. The average molecular weight is 266 g/mol. The molecule has 0 amide bonds. The molecule has 1 N–H and O–H groups in total. The maximum absolute atomic E-state index is 3.78. The summed E-state index contributed by atoms with van der Waals surface area (Å²) in [6, 6.07) is 5.66. The summed E-state index contributed by atoms with van der Waals surface area (Å²) < 4.78 is 0. The van der Waals surface area contributed by atoms with E-state index in [-0.39, 0.29) is 0 Å². The van der Waals surface area contributed by atoms with Crippen molar-refractivity contribution in [2.24, 2.45) is 5.92 Å². The van der Waals surface area contributed by atoms with Crippen LogP contribution in [-0.4, -0.2) is 31.6 Å². The lowest BCUT2D eigenvalue weighted by molar-refractivity contribution is 0.254. The molecule has 0 aromatic carbocycles. The van der Waals surface area contributed by atoms with Gasteiger partial charge in [0.15, 0.2) is 0 Å². The Kier molecular flexibility index (Phi) is 5.22. The lowest BCUT2D eigenvalue weighted by Gasteiger charge is -2.30. The van der Waals surface area contributed by atoms with Gasteiger partial charge in [-0.25, -0.2) is 0 Å². The Balaban J connectivity index is 1.83. The molecule has 0 aliphatic heterocycles. The van der Waals surface area contributed by atoms with E-state index in [1.807, 2.05) is 11.3 Å². The van der Waals surface area contributed by atoms with Gasteiger partial charge in [-0.2, -0.15) is 0 Å². The molecule has 2 rings (SSSR count). The van der Waals surface area contributed by atoms with Crippen molar-refractivity contribution in [2.75, 3.05) is 20.6 Å². The third kappa shape index (κ3) is 3.81. The van der Waals surface area contributed by atoms with Crippen molar-refractivity contribution in [1.29, 1.82) is 0 Å². The van der Waals surface area contributed by atoms with Gasteiger partial charge in [0.2, 0.25) is 0 Å². The molecule has 1 atom stereocenters. The smallest absolute Gasteiger partial charge is 0.0561 e. The van der Waals surface area contributed by atoms with Crippen molar-refractivity contribution >= 4 is 11.3 Å². The van der Waals surface area contributed by atoms with Crippen LogP contribution in [0.4, 0.5) is 0 Å². The number of nitrogens with one attached hydrogen (secondary N) is 1. The van der Waals surface area contributed by atoms with Crippen LogP contribution in [0.2, 0.25) is 0 Å². The summed E-state index contributed by atoms with van der Waals surface area (Å²) in [6.07, 6.45) is 5.49. The maximum Gasteiger partial charge on any atom is 0.0561 e. The van der Waals surface area contributed by atoms with Crippen LogP contribution in [0.3, 0.4) is 0 Å². The molecular weight excluding hydrogens is 240 g/mol. The van der Waals surface area contributed by atoms with E-state index in [0.717, 1.165) is 18.5 Å². The molecule has 1 aliphatic rings. The molecule has 18 heavy (non-hydrogen) atoms. The van der Waals surface area contributed by atoms with E-state index in [2.05, 4.69) is 48.7 Å². The second-order valence-electron chi connectivity index (χ2n) is 5.86. The highest BCUT2D eigenvalue weighted by Crippen LogP contribution is 2.26. The first kappa shape index (κ1) is 14.0. The number of thiophene rings is 1. The number of nitrogens with zero attached hydrogens (tertiary/aromatic N) is 1. The highest BCUT2D eigenvalue weighted by Gasteiger charge is 2.20. The Bertz CT molecular complexity index is 326. The zero-order chi connectivity index (χ0) is 13.0. The van der Waals surface area contributed by atoms with E-state index in [9.17, 15) is 0 Å². The van der Waals surface area contributed by atoms with E-state index >= 15 is 0 Å². The third-order valence-corrected chi connectivity index (χ3v) is 5.08. The van der Waals surface area contributed by atoms with Gasteiger partial charge in [-0.15, -0.1) is 11.3 Å². The SMILES string of the molecule is CC1CCC(NCC(c2cccs2)N(C)C)CC1. The first-order chi connectivity index (χ1) is 8.66. The van der Waals surface area contributed by atoms with Crippen LogP contribution < -0.4 is 5.32 Å². The summed E-state index contributed by atoms with van der Waals surface area (Å²) in [6.45, 7) is 3.46. The summed E-state index contributed by atoms with van der Waals surface area (Å²) in [4.78, 5) is 3.79. The minimum absolute atomic E-state index is 0.518. The Morgan fingerprint density at radius 2 is 2.06 bits per heavy atom. The molecule has 1 saturated carbocycles. The molecule has 1 aromatic rings. The van der Waals surface area contributed by atoms with Crippen molar-refractivity contribution in [3.8, 4) is 0 Å². The number of hydrogen-bond acceptors (Lipinski definition) is 3. The van der Waals surface area contributed by atoms with Crippen LogP contribution in [0.5, 0.6) is 0 Å². The van der Waals surface area contributed by atoms with Crippen molar-refractivity contribution in [3.63, 3.8) is 0 Å². The van der Waals surface area contributed by atoms with Crippen LogP contribution in [0.15, 0.2) is 17.5 Å². The van der Waals surface area contributed by atoms with Gasteiger partial charge in [0, 0.05) is 17.5 Å². The van der Waals surface area contributed by atoms with Gasteiger partial charge in [0.25, 0.3) is 0 Å².